The summed E-state index contributed by atoms with van der Waals surface area (Å²) in [5.41, 5.74) is 1.17. The van der Waals surface area contributed by atoms with Crippen molar-refractivity contribution < 1.29 is 4.79 Å². The van der Waals surface area contributed by atoms with Crippen LogP contribution >= 0.6 is 0 Å². The molecule has 2 aromatic rings. The minimum atomic E-state index is 0.0411. The summed E-state index contributed by atoms with van der Waals surface area (Å²) in [6.45, 7) is 5.44. The quantitative estimate of drug-likeness (QED) is 0.919. The van der Waals surface area contributed by atoms with Crippen molar-refractivity contribution in [2.45, 2.75) is 32.7 Å². The standard InChI is InChI=1S/C19H26N4O/c1-16-6-5-12-22(13-10-16)15-19(24)21-18-9-11-20-23(18)14-17-7-3-2-4-8-17/h2-4,7-9,11,16H,5-6,10,12-15H2,1H3,(H,21,24). The molecular weight excluding hydrogens is 300 g/mol. The van der Waals surface area contributed by atoms with Gasteiger partial charge < -0.3 is 5.32 Å². The first-order chi connectivity index (χ1) is 11.7. The maximum atomic E-state index is 12.4. The van der Waals surface area contributed by atoms with Crippen LogP contribution in [-0.4, -0.2) is 40.2 Å². The Morgan fingerprint density at radius 2 is 2.04 bits per heavy atom. The number of hydrogen-bond donors (Lipinski definition) is 1. The Labute approximate surface area is 143 Å². The summed E-state index contributed by atoms with van der Waals surface area (Å²) in [6.07, 6.45) is 5.35. The van der Waals surface area contributed by atoms with Gasteiger partial charge in [0.25, 0.3) is 0 Å². The predicted octanol–water partition coefficient (Wildman–Crippen LogP) is 2.99. The molecule has 0 aliphatic carbocycles. The average molecular weight is 326 g/mol. The van der Waals surface area contributed by atoms with Crippen LogP contribution in [0, 0.1) is 5.92 Å². The molecule has 0 spiro atoms. The summed E-state index contributed by atoms with van der Waals surface area (Å²) >= 11 is 0. The normalized spacial score (nSPS) is 19.0. The first kappa shape index (κ1) is 16.7. The fourth-order valence-electron chi connectivity index (χ4n) is 3.19. The van der Waals surface area contributed by atoms with Crippen molar-refractivity contribution in [3.8, 4) is 0 Å². The minimum absolute atomic E-state index is 0.0411. The minimum Gasteiger partial charge on any atom is -0.310 e. The highest BCUT2D eigenvalue weighted by molar-refractivity contribution is 5.91. The molecule has 1 aliphatic rings. The number of carbonyl (C=O) groups excluding carboxylic acids is 1. The third-order valence-corrected chi connectivity index (χ3v) is 4.64. The summed E-state index contributed by atoms with van der Waals surface area (Å²) < 4.78 is 1.83. The Bertz CT molecular complexity index is 652. The monoisotopic (exact) mass is 326 g/mol. The lowest BCUT2D eigenvalue weighted by molar-refractivity contribution is -0.117. The van der Waals surface area contributed by atoms with Gasteiger partial charge in [0.05, 0.1) is 19.3 Å². The molecule has 1 aromatic carbocycles. The lowest BCUT2D eigenvalue weighted by Gasteiger charge is -2.19. The molecule has 0 saturated carbocycles. The summed E-state index contributed by atoms with van der Waals surface area (Å²) in [6, 6.07) is 12.0. The number of nitrogens with one attached hydrogen (secondary N) is 1. The second kappa shape index (κ2) is 8.11. The Hall–Kier alpha value is -2.14. The van der Waals surface area contributed by atoms with Gasteiger partial charge in [-0.2, -0.15) is 5.10 Å². The molecule has 5 heteroatoms. The Balaban J connectivity index is 1.56. The zero-order chi connectivity index (χ0) is 16.8. The molecule has 1 saturated heterocycles. The van der Waals surface area contributed by atoms with Gasteiger partial charge in [0.2, 0.25) is 5.91 Å². The van der Waals surface area contributed by atoms with E-state index >= 15 is 0 Å². The molecule has 0 radical (unpaired) electrons. The maximum absolute atomic E-state index is 12.4. The first-order valence-corrected chi connectivity index (χ1v) is 8.78. The van der Waals surface area contributed by atoms with Crippen LogP contribution in [0.1, 0.15) is 31.7 Å². The van der Waals surface area contributed by atoms with Crippen LogP contribution in [0.2, 0.25) is 0 Å². The van der Waals surface area contributed by atoms with Crippen LogP contribution in [0.3, 0.4) is 0 Å². The smallest absolute Gasteiger partial charge is 0.239 e. The highest BCUT2D eigenvalue weighted by Crippen LogP contribution is 2.16. The average Bonchev–Trinajstić information content (AvgIpc) is 2.89. The molecule has 1 atom stereocenters. The van der Waals surface area contributed by atoms with Crippen molar-refractivity contribution in [3.63, 3.8) is 0 Å². The van der Waals surface area contributed by atoms with Crippen LogP contribution in [-0.2, 0) is 11.3 Å². The number of amides is 1. The molecule has 1 aromatic heterocycles. The summed E-state index contributed by atoms with van der Waals surface area (Å²) in [5.74, 6) is 1.57. The molecule has 2 heterocycles. The van der Waals surface area contributed by atoms with Crippen molar-refractivity contribution in [1.29, 1.82) is 0 Å². The van der Waals surface area contributed by atoms with Gasteiger partial charge in [0, 0.05) is 6.07 Å². The van der Waals surface area contributed by atoms with Gasteiger partial charge in [0.1, 0.15) is 5.82 Å². The second-order valence-corrected chi connectivity index (χ2v) is 6.72. The van der Waals surface area contributed by atoms with Crippen LogP contribution in [0.5, 0.6) is 0 Å². The fraction of sp³-hybridized carbons (Fsp3) is 0.474. The van der Waals surface area contributed by atoms with E-state index in [4.69, 9.17) is 0 Å². The number of anilines is 1. The Kier molecular flexibility index (Phi) is 5.64. The van der Waals surface area contributed by atoms with Crippen molar-refractivity contribution in [1.82, 2.24) is 14.7 Å². The Morgan fingerprint density at radius 1 is 1.21 bits per heavy atom. The van der Waals surface area contributed by atoms with Gasteiger partial charge in [-0.1, -0.05) is 37.3 Å². The zero-order valence-electron chi connectivity index (χ0n) is 14.3. The number of aromatic nitrogens is 2. The molecule has 5 nitrogen and oxygen atoms in total. The number of rotatable bonds is 5. The van der Waals surface area contributed by atoms with E-state index in [1.807, 2.05) is 28.9 Å². The number of benzene rings is 1. The van der Waals surface area contributed by atoms with Gasteiger partial charge in [-0.25, -0.2) is 4.68 Å². The molecule has 1 unspecified atom stereocenters. The number of carbonyl (C=O) groups is 1. The molecule has 24 heavy (non-hydrogen) atoms. The molecule has 1 N–H and O–H groups in total. The van der Waals surface area contributed by atoms with E-state index < -0.39 is 0 Å². The molecule has 0 bridgehead atoms. The second-order valence-electron chi connectivity index (χ2n) is 6.72. The number of hydrogen-bond acceptors (Lipinski definition) is 3. The van der Waals surface area contributed by atoms with Crippen LogP contribution in [0.4, 0.5) is 5.82 Å². The van der Waals surface area contributed by atoms with Crippen molar-refractivity contribution >= 4 is 11.7 Å². The van der Waals surface area contributed by atoms with Crippen molar-refractivity contribution in [2.24, 2.45) is 5.92 Å². The van der Waals surface area contributed by atoms with Gasteiger partial charge >= 0.3 is 0 Å². The fourth-order valence-corrected chi connectivity index (χ4v) is 3.19. The van der Waals surface area contributed by atoms with Crippen molar-refractivity contribution in [2.75, 3.05) is 25.0 Å². The predicted molar refractivity (Wildman–Crippen MR) is 95.9 cm³/mol. The molecule has 1 aliphatic heterocycles. The molecule has 128 valence electrons. The van der Waals surface area contributed by atoms with Gasteiger partial charge in [-0.05, 0) is 43.8 Å². The highest BCUT2D eigenvalue weighted by Gasteiger charge is 2.17. The number of nitrogens with zero attached hydrogens (tertiary/aromatic N) is 3. The topological polar surface area (TPSA) is 50.2 Å². The van der Waals surface area contributed by atoms with E-state index in [1.165, 1.54) is 24.8 Å². The van der Waals surface area contributed by atoms with Gasteiger partial charge in [0.15, 0.2) is 0 Å². The highest BCUT2D eigenvalue weighted by atomic mass is 16.2. The SMILES string of the molecule is CC1CCCN(CC(=O)Nc2ccnn2Cc2ccccc2)CC1. The summed E-state index contributed by atoms with van der Waals surface area (Å²) in [7, 11) is 0. The molecule has 1 fully saturated rings. The van der Waals surface area contributed by atoms with E-state index in [-0.39, 0.29) is 5.91 Å². The maximum Gasteiger partial charge on any atom is 0.239 e. The van der Waals surface area contributed by atoms with E-state index in [1.54, 1.807) is 6.20 Å². The number of likely N-dealkylation sites (tertiary alicyclic amines) is 1. The van der Waals surface area contributed by atoms with Crippen LogP contribution in [0.25, 0.3) is 0 Å². The van der Waals surface area contributed by atoms with Gasteiger partial charge in [-0.15, -0.1) is 0 Å². The lowest BCUT2D eigenvalue weighted by Crippen LogP contribution is -2.34. The van der Waals surface area contributed by atoms with E-state index in [9.17, 15) is 4.79 Å². The first-order valence-electron chi connectivity index (χ1n) is 8.78. The molecular formula is C19H26N4O. The zero-order valence-corrected chi connectivity index (χ0v) is 14.3. The third kappa shape index (κ3) is 4.68. The van der Waals surface area contributed by atoms with Gasteiger partial charge in [-0.3, -0.25) is 9.69 Å². The van der Waals surface area contributed by atoms with E-state index in [2.05, 4.69) is 34.4 Å². The van der Waals surface area contributed by atoms with Crippen LogP contribution in [0.15, 0.2) is 42.6 Å². The largest absolute Gasteiger partial charge is 0.310 e. The van der Waals surface area contributed by atoms with E-state index in [0.717, 1.165) is 24.8 Å². The summed E-state index contributed by atoms with van der Waals surface area (Å²) in [5, 5.41) is 7.33. The van der Waals surface area contributed by atoms with E-state index in [0.29, 0.717) is 13.1 Å². The molecule has 1 amide bonds. The molecule has 3 rings (SSSR count). The summed E-state index contributed by atoms with van der Waals surface area (Å²) in [4.78, 5) is 14.6. The lowest BCUT2D eigenvalue weighted by atomic mass is 10.0. The van der Waals surface area contributed by atoms with Crippen molar-refractivity contribution in [3.05, 3.63) is 48.2 Å². The Morgan fingerprint density at radius 3 is 2.88 bits per heavy atom. The third-order valence-electron chi connectivity index (χ3n) is 4.64. The van der Waals surface area contributed by atoms with Crippen LogP contribution < -0.4 is 5.32 Å².